The smallest absolute Gasteiger partial charge is 0.331 e. The molecule has 0 saturated heterocycles. The van der Waals surface area contributed by atoms with Crippen molar-refractivity contribution in [1.82, 2.24) is 0 Å². The quantitative estimate of drug-likeness (QED) is 0.594. The van der Waals surface area contributed by atoms with Crippen molar-refractivity contribution < 1.29 is 27.9 Å². The molecule has 0 saturated carbocycles. The number of hydrogen-bond acceptors (Lipinski definition) is 6. The highest BCUT2D eigenvalue weighted by Crippen LogP contribution is 2.03. The van der Waals surface area contributed by atoms with Crippen molar-refractivity contribution in [3.63, 3.8) is 0 Å². The third-order valence-corrected chi connectivity index (χ3v) is 2.23. The first-order chi connectivity index (χ1) is 9.74. The number of carbonyl (C=O) groups excluding carboxylic acids is 2. The minimum Gasteiger partial charge on any atom is -0.466 e. The first-order valence-electron chi connectivity index (χ1n) is 5.80. The average Bonchev–Trinajstić information content (AvgIpc) is 3.13. The Bertz CT molecular complexity index is 513. The fourth-order valence-corrected chi connectivity index (χ4v) is 1.31. The maximum Gasteiger partial charge on any atom is 0.331 e. The van der Waals surface area contributed by atoms with Gasteiger partial charge in [-0.3, -0.25) is 0 Å². The van der Waals surface area contributed by atoms with Crippen molar-refractivity contribution in [2.24, 2.45) is 0 Å². The highest BCUT2D eigenvalue weighted by atomic mass is 16.5. The molecule has 0 amide bonds. The molecule has 0 radical (unpaired) electrons. The number of esters is 2. The van der Waals surface area contributed by atoms with Gasteiger partial charge in [0.15, 0.2) is 0 Å². The number of ether oxygens (including phenoxy) is 2. The number of rotatable bonds is 6. The predicted molar refractivity (Wildman–Crippen MR) is 66.1 cm³/mol. The summed E-state index contributed by atoms with van der Waals surface area (Å²) in [6.45, 7) is 0.0230. The molecule has 0 aliphatic carbocycles. The normalized spacial score (nSPS) is 10.6. The van der Waals surface area contributed by atoms with Gasteiger partial charge < -0.3 is 18.3 Å². The van der Waals surface area contributed by atoms with Crippen LogP contribution in [0.2, 0.25) is 0 Å². The van der Waals surface area contributed by atoms with Crippen LogP contribution in [0.3, 0.4) is 0 Å². The van der Waals surface area contributed by atoms with Crippen LogP contribution in [0.5, 0.6) is 0 Å². The van der Waals surface area contributed by atoms with Crippen molar-refractivity contribution in [2.45, 2.75) is 13.2 Å². The Morgan fingerprint density at radius 2 is 1.35 bits per heavy atom. The zero-order chi connectivity index (χ0) is 14.2. The molecule has 104 valence electrons. The zero-order valence-corrected chi connectivity index (χ0v) is 10.5. The third-order valence-electron chi connectivity index (χ3n) is 2.23. The van der Waals surface area contributed by atoms with Gasteiger partial charge in [0.05, 0.1) is 12.5 Å². The highest BCUT2D eigenvalue weighted by molar-refractivity contribution is 5.91. The highest BCUT2D eigenvalue weighted by Gasteiger charge is 2.04. The van der Waals surface area contributed by atoms with Crippen LogP contribution in [0, 0.1) is 0 Å². The van der Waals surface area contributed by atoms with E-state index < -0.39 is 11.9 Å². The topological polar surface area (TPSA) is 78.9 Å². The lowest BCUT2D eigenvalue weighted by Crippen LogP contribution is -2.04. The number of carbonyl (C=O) groups is 2. The van der Waals surface area contributed by atoms with Gasteiger partial charge in [0.2, 0.25) is 0 Å². The number of furan rings is 2. The number of hydrogen-bond donors (Lipinski definition) is 0. The second kappa shape index (κ2) is 6.98. The van der Waals surface area contributed by atoms with Gasteiger partial charge in [0.25, 0.3) is 0 Å². The van der Waals surface area contributed by atoms with Crippen LogP contribution in [0.15, 0.2) is 57.8 Å². The standard InChI is InChI=1S/C14H12O6/c15-13(19-9-11-3-1-7-17-11)5-6-14(16)20-10-12-4-2-8-18-12/h1-8H,9-10H2/b6-5+. The van der Waals surface area contributed by atoms with Gasteiger partial charge in [0.1, 0.15) is 24.7 Å². The maximum atomic E-state index is 11.3. The molecule has 6 nitrogen and oxygen atoms in total. The van der Waals surface area contributed by atoms with Gasteiger partial charge in [-0.15, -0.1) is 0 Å². The second-order valence-corrected chi connectivity index (χ2v) is 3.71. The van der Waals surface area contributed by atoms with Crippen molar-refractivity contribution in [3.8, 4) is 0 Å². The van der Waals surface area contributed by atoms with Gasteiger partial charge in [0, 0.05) is 12.2 Å². The summed E-state index contributed by atoms with van der Waals surface area (Å²) in [6, 6.07) is 6.72. The van der Waals surface area contributed by atoms with Crippen LogP contribution in [0.4, 0.5) is 0 Å². The van der Waals surface area contributed by atoms with E-state index in [2.05, 4.69) is 0 Å². The molecular formula is C14H12O6. The molecule has 0 unspecified atom stereocenters. The van der Waals surface area contributed by atoms with E-state index >= 15 is 0 Å². The van der Waals surface area contributed by atoms with E-state index in [1.165, 1.54) is 12.5 Å². The minimum atomic E-state index is -0.656. The van der Waals surface area contributed by atoms with Crippen LogP contribution >= 0.6 is 0 Å². The molecule has 2 aromatic rings. The van der Waals surface area contributed by atoms with E-state index in [1.54, 1.807) is 24.3 Å². The molecule has 0 bridgehead atoms. The first-order valence-corrected chi connectivity index (χ1v) is 5.80. The Balaban J connectivity index is 1.68. The second-order valence-electron chi connectivity index (χ2n) is 3.71. The summed E-state index contributed by atoms with van der Waals surface area (Å²) < 4.78 is 19.7. The molecule has 0 fully saturated rings. The summed E-state index contributed by atoms with van der Waals surface area (Å²) in [7, 11) is 0. The molecule has 0 N–H and O–H groups in total. The van der Waals surface area contributed by atoms with Crippen molar-refractivity contribution in [2.75, 3.05) is 0 Å². The molecule has 0 aliphatic heterocycles. The largest absolute Gasteiger partial charge is 0.466 e. The summed E-state index contributed by atoms with van der Waals surface area (Å²) >= 11 is 0. The van der Waals surface area contributed by atoms with Crippen LogP contribution in [0.25, 0.3) is 0 Å². The fourth-order valence-electron chi connectivity index (χ4n) is 1.31. The van der Waals surface area contributed by atoms with Crippen molar-refractivity contribution in [3.05, 3.63) is 60.5 Å². The summed E-state index contributed by atoms with van der Waals surface area (Å²) in [5.74, 6) is -0.271. The van der Waals surface area contributed by atoms with Crippen LogP contribution in [-0.2, 0) is 32.3 Å². The van der Waals surface area contributed by atoms with E-state index in [-0.39, 0.29) is 13.2 Å². The molecule has 2 heterocycles. The van der Waals surface area contributed by atoms with Gasteiger partial charge in [-0.2, -0.15) is 0 Å². The fraction of sp³-hybridized carbons (Fsp3) is 0.143. The van der Waals surface area contributed by atoms with Crippen molar-refractivity contribution in [1.29, 1.82) is 0 Å². The molecule has 0 atom stereocenters. The Kier molecular flexibility index (Phi) is 4.77. The summed E-state index contributed by atoms with van der Waals surface area (Å²) in [4.78, 5) is 22.6. The van der Waals surface area contributed by atoms with E-state index in [1.807, 2.05) is 0 Å². The molecule has 20 heavy (non-hydrogen) atoms. The van der Waals surface area contributed by atoms with Gasteiger partial charge in [-0.25, -0.2) is 9.59 Å². The van der Waals surface area contributed by atoms with Gasteiger partial charge in [-0.05, 0) is 24.3 Å². The molecule has 0 aliphatic rings. The summed E-state index contributed by atoms with van der Waals surface area (Å²) in [5.41, 5.74) is 0. The Morgan fingerprint density at radius 3 is 1.70 bits per heavy atom. The SMILES string of the molecule is O=C(/C=C/C(=O)OCc1ccco1)OCc1ccco1. The van der Waals surface area contributed by atoms with Crippen LogP contribution in [0.1, 0.15) is 11.5 Å². The lowest BCUT2D eigenvalue weighted by Gasteiger charge is -1.99. The average molecular weight is 276 g/mol. The monoisotopic (exact) mass is 276 g/mol. The summed E-state index contributed by atoms with van der Waals surface area (Å²) in [5, 5.41) is 0. The van der Waals surface area contributed by atoms with Gasteiger partial charge in [-0.1, -0.05) is 0 Å². The van der Waals surface area contributed by atoms with E-state index in [9.17, 15) is 9.59 Å². The van der Waals surface area contributed by atoms with Gasteiger partial charge >= 0.3 is 11.9 Å². The minimum absolute atomic E-state index is 0.0115. The first kappa shape index (κ1) is 13.7. The Morgan fingerprint density at radius 1 is 0.900 bits per heavy atom. The Labute approximate surface area is 114 Å². The maximum absolute atomic E-state index is 11.3. The van der Waals surface area contributed by atoms with E-state index in [4.69, 9.17) is 18.3 Å². The van der Waals surface area contributed by atoms with E-state index in [0.29, 0.717) is 11.5 Å². The molecule has 0 spiro atoms. The molecular weight excluding hydrogens is 264 g/mol. The zero-order valence-electron chi connectivity index (χ0n) is 10.5. The lowest BCUT2D eigenvalue weighted by molar-refractivity contribution is -0.142. The third kappa shape index (κ3) is 4.49. The van der Waals surface area contributed by atoms with Crippen LogP contribution in [-0.4, -0.2) is 11.9 Å². The summed E-state index contributed by atoms with van der Waals surface area (Å²) in [6.07, 6.45) is 4.94. The molecule has 2 aromatic heterocycles. The van der Waals surface area contributed by atoms with E-state index in [0.717, 1.165) is 12.2 Å². The lowest BCUT2D eigenvalue weighted by atomic mass is 10.4. The molecule has 2 rings (SSSR count). The molecule has 6 heteroatoms. The Hall–Kier alpha value is -2.76. The molecule has 0 aromatic carbocycles. The van der Waals surface area contributed by atoms with Crippen LogP contribution < -0.4 is 0 Å². The van der Waals surface area contributed by atoms with Crippen molar-refractivity contribution >= 4 is 11.9 Å². The predicted octanol–water partition coefficient (Wildman–Crippen LogP) is 2.22.